The lowest BCUT2D eigenvalue weighted by Gasteiger charge is -2.19. The number of halogens is 3. The molecule has 3 heterocycles. The Morgan fingerprint density at radius 2 is 1.97 bits per heavy atom. The van der Waals surface area contributed by atoms with Crippen molar-refractivity contribution in [2.24, 2.45) is 0 Å². The molecule has 1 atom stereocenters. The lowest BCUT2D eigenvalue weighted by Crippen LogP contribution is -2.37. The topological polar surface area (TPSA) is 103 Å². The molecule has 0 fully saturated rings. The quantitative estimate of drug-likeness (QED) is 0.416. The largest absolute Gasteiger partial charge is 0.619 e. The first-order valence-electron chi connectivity index (χ1n) is 10.2. The Bertz CT molecular complexity index is 1230. The maximum absolute atomic E-state index is 14.5. The molecule has 0 aliphatic carbocycles. The number of amides is 1. The van der Waals surface area contributed by atoms with Crippen molar-refractivity contribution in [2.75, 3.05) is 11.9 Å². The van der Waals surface area contributed by atoms with Gasteiger partial charge in [0.2, 0.25) is 5.91 Å². The maximum Gasteiger partial charge on any atom is 0.294 e. The summed E-state index contributed by atoms with van der Waals surface area (Å²) >= 11 is 0. The lowest BCUT2D eigenvalue weighted by molar-refractivity contribution is -0.605. The standard InChI is InChI=1S/C22H20F3N5O3/c23-17-4-2-1-3-14(17)11-27-20(31)18-6-5-16-12-26-19(21(32)30(16)18)28-13-22(24,25)15-7-9-29(33)10-8-15/h1-4,7-10,12,18H,5-6,11,13H2,(H,26,28)(H,27,31)/t18-/m0/s1. The Kier molecular flexibility index (Phi) is 6.03. The van der Waals surface area contributed by atoms with Crippen LogP contribution in [0.5, 0.6) is 0 Å². The molecular weight excluding hydrogens is 439 g/mol. The van der Waals surface area contributed by atoms with Gasteiger partial charge in [-0.3, -0.25) is 14.2 Å². The average molecular weight is 459 g/mol. The van der Waals surface area contributed by atoms with Crippen LogP contribution in [0.15, 0.2) is 59.8 Å². The van der Waals surface area contributed by atoms with E-state index < -0.39 is 41.4 Å². The molecule has 3 aromatic rings. The van der Waals surface area contributed by atoms with E-state index in [1.807, 2.05) is 0 Å². The van der Waals surface area contributed by atoms with Crippen LogP contribution in [-0.4, -0.2) is 22.0 Å². The van der Waals surface area contributed by atoms with Gasteiger partial charge >= 0.3 is 0 Å². The Balaban J connectivity index is 1.48. The smallest absolute Gasteiger partial charge is 0.294 e. The van der Waals surface area contributed by atoms with Crippen molar-refractivity contribution in [3.8, 4) is 0 Å². The molecule has 1 aliphatic heterocycles. The van der Waals surface area contributed by atoms with Crippen molar-refractivity contribution in [2.45, 2.75) is 31.4 Å². The molecule has 0 saturated carbocycles. The molecule has 2 N–H and O–H groups in total. The fourth-order valence-corrected chi connectivity index (χ4v) is 3.71. The van der Waals surface area contributed by atoms with Crippen molar-refractivity contribution in [3.05, 3.63) is 93.2 Å². The first-order chi connectivity index (χ1) is 15.8. The molecule has 1 aromatic carbocycles. The molecule has 172 valence electrons. The number of benzene rings is 1. The van der Waals surface area contributed by atoms with Crippen LogP contribution in [0.4, 0.5) is 19.0 Å². The Labute approximate surface area is 186 Å². The molecule has 0 bridgehead atoms. The second kappa shape index (κ2) is 8.93. The Hall–Kier alpha value is -3.89. The first kappa shape index (κ1) is 22.3. The zero-order valence-electron chi connectivity index (χ0n) is 17.3. The van der Waals surface area contributed by atoms with E-state index in [4.69, 9.17) is 0 Å². The molecule has 8 nitrogen and oxygen atoms in total. The van der Waals surface area contributed by atoms with Crippen molar-refractivity contribution < 1.29 is 22.7 Å². The highest BCUT2D eigenvalue weighted by Gasteiger charge is 2.34. The summed E-state index contributed by atoms with van der Waals surface area (Å²) < 4.78 is 44.4. The third-order valence-electron chi connectivity index (χ3n) is 5.47. The van der Waals surface area contributed by atoms with Crippen molar-refractivity contribution in [1.29, 1.82) is 0 Å². The number of carbonyl (C=O) groups is 1. The highest BCUT2D eigenvalue weighted by atomic mass is 19.3. The van der Waals surface area contributed by atoms with Gasteiger partial charge in [-0.15, -0.1) is 0 Å². The minimum atomic E-state index is -3.37. The minimum Gasteiger partial charge on any atom is -0.619 e. The van der Waals surface area contributed by atoms with E-state index >= 15 is 0 Å². The van der Waals surface area contributed by atoms with Gasteiger partial charge in [-0.25, -0.2) is 9.37 Å². The maximum atomic E-state index is 14.5. The number of carbonyl (C=O) groups excluding carboxylic acids is 1. The lowest BCUT2D eigenvalue weighted by atomic mass is 10.1. The highest BCUT2D eigenvalue weighted by Crippen LogP contribution is 2.28. The van der Waals surface area contributed by atoms with Crippen LogP contribution in [0, 0.1) is 11.0 Å². The van der Waals surface area contributed by atoms with Crippen LogP contribution in [0.3, 0.4) is 0 Å². The van der Waals surface area contributed by atoms with E-state index in [1.54, 1.807) is 12.1 Å². The van der Waals surface area contributed by atoms with Crippen LogP contribution in [0.1, 0.15) is 29.3 Å². The summed E-state index contributed by atoms with van der Waals surface area (Å²) in [5, 5.41) is 16.0. The fraction of sp³-hybridized carbons (Fsp3) is 0.273. The zero-order valence-corrected chi connectivity index (χ0v) is 17.3. The molecule has 2 aromatic heterocycles. The van der Waals surface area contributed by atoms with Crippen LogP contribution in [-0.2, 0) is 23.7 Å². The van der Waals surface area contributed by atoms with Crippen molar-refractivity contribution in [1.82, 2.24) is 14.9 Å². The summed E-state index contributed by atoms with van der Waals surface area (Å²) in [6.07, 6.45) is 4.02. The van der Waals surface area contributed by atoms with Gasteiger partial charge in [-0.2, -0.15) is 13.5 Å². The van der Waals surface area contributed by atoms with E-state index in [-0.39, 0.29) is 12.4 Å². The van der Waals surface area contributed by atoms with Gasteiger partial charge in [0.15, 0.2) is 18.2 Å². The number of anilines is 1. The van der Waals surface area contributed by atoms with E-state index in [1.165, 1.54) is 22.9 Å². The average Bonchev–Trinajstić information content (AvgIpc) is 3.23. The second-order valence-corrected chi connectivity index (χ2v) is 7.64. The predicted molar refractivity (Wildman–Crippen MR) is 112 cm³/mol. The predicted octanol–water partition coefficient (Wildman–Crippen LogP) is 2.02. The van der Waals surface area contributed by atoms with E-state index in [9.17, 15) is 28.0 Å². The summed E-state index contributed by atoms with van der Waals surface area (Å²) in [5.41, 5.74) is -0.281. The van der Waals surface area contributed by atoms with Crippen LogP contribution in [0.2, 0.25) is 0 Å². The van der Waals surface area contributed by atoms with Crippen LogP contribution < -0.4 is 20.9 Å². The van der Waals surface area contributed by atoms with Gasteiger partial charge < -0.3 is 15.8 Å². The Morgan fingerprint density at radius 3 is 2.70 bits per heavy atom. The molecule has 11 heteroatoms. The molecule has 0 unspecified atom stereocenters. The molecule has 33 heavy (non-hydrogen) atoms. The van der Waals surface area contributed by atoms with E-state index in [2.05, 4.69) is 15.6 Å². The number of fused-ring (bicyclic) bond motifs is 1. The molecule has 1 amide bonds. The number of nitrogens with one attached hydrogen (secondary N) is 2. The fourth-order valence-electron chi connectivity index (χ4n) is 3.71. The van der Waals surface area contributed by atoms with Gasteiger partial charge in [-0.05, 0) is 18.9 Å². The number of aromatic nitrogens is 3. The number of pyridine rings is 1. The minimum absolute atomic E-state index is 0.0467. The van der Waals surface area contributed by atoms with E-state index in [0.717, 1.165) is 24.5 Å². The van der Waals surface area contributed by atoms with Gasteiger partial charge in [-0.1, -0.05) is 18.2 Å². The second-order valence-electron chi connectivity index (χ2n) is 7.64. The van der Waals surface area contributed by atoms with Crippen LogP contribution in [0.25, 0.3) is 0 Å². The van der Waals surface area contributed by atoms with Gasteiger partial charge in [0.1, 0.15) is 11.9 Å². The van der Waals surface area contributed by atoms with Crippen molar-refractivity contribution >= 4 is 11.7 Å². The van der Waals surface area contributed by atoms with Crippen LogP contribution >= 0.6 is 0 Å². The Morgan fingerprint density at radius 1 is 1.24 bits per heavy atom. The third-order valence-corrected chi connectivity index (χ3v) is 5.47. The molecule has 4 rings (SSSR count). The summed E-state index contributed by atoms with van der Waals surface area (Å²) in [7, 11) is 0. The highest BCUT2D eigenvalue weighted by molar-refractivity contribution is 5.81. The summed E-state index contributed by atoms with van der Waals surface area (Å²) in [6.45, 7) is -0.976. The molecule has 0 radical (unpaired) electrons. The first-order valence-corrected chi connectivity index (χ1v) is 10.2. The van der Waals surface area contributed by atoms with Gasteiger partial charge in [0, 0.05) is 41.7 Å². The number of nitrogens with zero attached hydrogens (tertiary/aromatic N) is 3. The van der Waals surface area contributed by atoms with Gasteiger partial charge in [0.25, 0.3) is 11.5 Å². The summed E-state index contributed by atoms with van der Waals surface area (Å²) in [4.78, 5) is 29.6. The van der Waals surface area contributed by atoms with Gasteiger partial charge in [0.05, 0.1) is 6.54 Å². The zero-order chi connectivity index (χ0) is 23.6. The molecule has 1 aliphatic rings. The SMILES string of the molecule is O=C(NCc1ccccc1F)[C@@H]1CCc2cnc(NCC(F)(F)c3cc[n+]([O-])cc3)c(=O)n21. The number of hydrogen-bond acceptors (Lipinski definition) is 5. The van der Waals surface area contributed by atoms with E-state index in [0.29, 0.717) is 28.8 Å². The molecular formula is C22H20F3N5O3. The molecule has 0 saturated heterocycles. The van der Waals surface area contributed by atoms with Crippen molar-refractivity contribution in [3.63, 3.8) is 0 Å². The number of aryl methyl sites for hydroxylation is 1. The number of hydrogen-bond donors (Lipinski definition) is 2. The number of rotatable bonds is 7. The summed E-state index contributed by atoms with van der Waals surface area (Å²) in [6, 6.07) is 7.14. The third kappa shape index (κ3) is 4.66. The molecule has 0 spiro atoms. The monoisotopic (exact) mass is 459 g/mol. The number of alkyl halides is 2. The normalized spacial score (nSPS) is 15.2. The summed E-state index contributed by atoms with van der Waals surface area (Å²) in [5.74, 6) is -4.62.